The van der Waals surface area contributed by atoms with Crippen LogP contribution in [-0.2, 0) is 27.3 Å². The lowest BCUT2D eigenvalue weighted by Gasteiger charge is -2.13. The van der Waals surface area contributed by atoms with Gasteiger partial charge < -0.3 is 60.2 Å². The number of nitrogens with one attached hydrogen (secondary N) is 6. The molecule has 0 radical (unpaired) electrons. The summed E-state index contributed by atoms with van der Waals surface area (Å²) in [7, 11) is -3.97. The third-order valence-corrected chi connectivity index (χ3v) is 13.3. The normalized spacial score (nSPS) is 10.9. The summed E-state index contributed by atoms with van der Waals surface area (Å²) in [6.45, 7) is 21.5. The van der Waals surface area contributed by atoms with Crippen LogP contribution in [-0.4, -0.2) is 110 Å². The van der Waals surface area contributed by atoms with E-state index >= 15 is 0 Å². The second-order valence-electron chi connectivity index (χ2n) is 15.3. The zero-order chi connectivity index (χ0) is 60.3. The molecule has 0 aliphatic rings. The summed E-state index contributed by atoms with van der Waals surface area (Å²) >= 11 is 6.95. The van der Waals surface area contributed by atoms with E-state index in [1.165, 1.54) is 11.4 Å². The molecule has 0 amide bonds. The van der Waals surface area contributed by atoms with Crippen molar-refractivity contribution in [2.45, 2.75) is 78.1 Å². The van der Waals surface area contributed by atoms with Gasteiger partial charge in [0, 0.05) is 92.0 Å². The quantitative estimate of drug-likeness (QED) is 0.0220. The largest absolute Gasteiger partial charge is 0.373 e. The highest BCUT2D eigenvalue weighted by Gasteiger charge is 2.19. The van der Waals surface area contributed by atoms with Crippen LogP contribution in [0.1, 0.15) is 72.1 Å². The molecule has 442 valence electrons. The minimum atomic E-state index is -3.65. The molecule has 0 bridgehead atoms. The van der Waals surface area contributed by atoms with E-state index in [-0.39, 0.29) is 12.3 Å². The van der Waals surface area contributed by atoms with Crippen molar-refractivity contribution in [1.29, 1.82) is 0 Å². The SMILES string of the molecule is CC(I)I.CCI.CCOP(=O)(CC)OCC.CCOP(=O)(O)CC.CCP(=O)(O)O.CNc1nc(Nc2ccccc2)ncc1C.CNc1nc(Nc2ccccc2)ncc1C.CNc1nc(Nc2ccccc2)ncc1C. The van der Waals surface area contributed by atoms with Gasteiger partial charge in [-0.15, -0.1) is 0 Å². The number of alkyl halides is 3. The zero-order valence-corrected chi connectivity index (χ0v) is 57.0. The molecule has 6 rings (SSSR count). The highest BCUT2D eigenvalue weighted by molar-refractivity contribution is 14.2. The number of rotatable bonds is 18. The Hall–Kier alpha value is -3.66. The molecule has 3 heterocycles. The second kappa shape index (κ2) is 45.9. The summed E-state index contributed by atoms with van der Waals surface area (Å²) in [5, 5.41) is 18.5. The molecule has 0 saturated carbocycles. The molecule has 0 aliphatic carbocycles. The van der Waals surface area contributed by atoms with Crippen molar-refractivity contribution in [3.05, 3.63) is 126 Å². The van der Waals surface area contributed by atoms with Gasteiger partial charge in [0.1, 0.15) is 17.5 Å². The number of para-hydroxylation sites is 3. The third kappa shape index (κ3) is 40.2. The van der Waals surface area contributed by atoms with Crippen LogP contribution in [0.25, 0.3) is 0 Å². The number of nitrogens with zero attached hydrogens (tertiary/aromatic N) is 6. The Balaban J connectivity index is 0. The molecule has 0 saturated heterocycles. The lowest BCUT2D eigenvalue weighted by atomic mass is 10.3. The van der Waals surface area contributed by atoms with Crippen molar-refractivity contribution >= 4 is 143 Å². The van der Waals surface area contributed by atoms with Gasteiger partial charge in [-0.25, -0.2) is 15.0 Å². The number of benzene rings is 3. The average molecular weight is 1490 g/mol. The number of hydrogen-bond acceptors (Lipinski definition) is 18. The highest BCUT2D eigenvalue weighted by atomic mass is 127. The molecule has 3 aromatic heterocycles. The highest BCUT2D eigenvalue weighted by Crippen LogP contribution is 2.47. The van der Waals surface area contributed by atoms with Crippen LogP contribution in [0.3, 0.4) is 0 Å². The van der Waals surface area contributed by atoms with E-state index in [1.807, 2.05) is 133 Å². The van der Waals surface area contributed by atoms with E-state index in [9.17, 15) is 13.7 Å². The molecule has 1 atom stereocenters. The van der Waals surface area contributed by atoms with E-state index in [1.54, 1.807) is 53.2 Å². The van der Waals surface area contributed by atoms with E-state index in [0.29, 0.717) is 43.8 Å². The minimum absolute atomic E-state index is 0.0625. The van der Waals surface area contributed by atoms with E-state index in [0.717, 1.165) is 53.1 Å². The van der Waals surface area contributed by atoms with E-state index in [2.05, 4.69) is 148 Å². The van der Waals surface area contributed by atoms with Gasteiger partial charge in [-0.2, -0.15) is 15.0 Å². The van der Waals surface area contributed by atoms with Gasteiger partial charge in [-0.3, -0.25) is 13.7 Å². The van der Waals surface area contributed by atoms with Crippen molar-refractivity contribution < 1.29 is 41.9 Å². The van der Waals surface area contributed by atoms with Gasteiger partial charge in [-0.05, 0) is 89.3 Å². The number of aryl methyl sites for hydroxylation is 3. The Labute approximate surface area is 510 Å². The van der Waals surface area contributed by atoms with Crippen LogP contribution in [0.2, 0.25) is 0 Å². The first-order chi connectivity index (χ1) is 37.4. The van der Waals surface area contributed by atoms with Crippen molar-refractivity contribution in [2.75, 3.05) is 95.8 Å². The summed E-state index contributed by atoms with van der Waals surface area (Å²) < 4.78 is 47.9. The second-order valence-corrected chi connectivity index (χ2v) is 29.4. The standard InChI is InChI=1S/3C12H14N4.C6H15O3P.C4H11O3P.C2H4I2.C2H5I.C2H7O3P/c3*1-9-8-14-12(16-11(9)13-2)15-10-6-4-3-5-7-10;1-4-8-10(7,6-3)9-5-2;1-3-7-8(5,6)4-2;1-2(3)4;1-2-3;1-2-6(3,4)5/h3*3-8H,1-2H3,(H2,13,14,15,16);4-6H2,1-3H3;3-4H2,1-2H3,(H,5,6);2H,1H3;2H2,1H3;2H2,1H3,(H2,3,4,5). The molecule has 79 heavy (non-hydrogen) atoms. The van der Waals surface area contributed by atoms with Crippen LogP contribution in [0.15, 0.2) is 110 Å². The zero-order valence-electron chi connectivity index (χ0n) is 47.9. The van der Waals surface area contributed by atoms with E-state index in [4.69, 9.17) is 23.7 Å². The molecule has 0 aliphatic heterocycles. The van der Waals surface area contributed by atoms with E-state index < -0.39 is 22.8 Å². The monoisotopic (exact) mass is 1490 g/mol. The van der Waals surface area contributed by atoms with Gasteiger partial charge in [0.15, 0.2) is 0 Å². The van der Waals surface area contributed by atoms with Crippen LogP contribution in [0.4, 0.5) is 52.4 Å². The first-order valence-electron chi connectivity index (χ1n) is 25.1. The molecule has 21 nitrogen and oxygen atoms in total. The summed E-state index contributed by atoms with van der Waals surface area (Å²) in [6, 6.07) is 29.6. The van der Waals surface area contributed by atoms with Crippen LogP contribution in [0.5, 0.6) is 0 Å². The van der Waals surface area contributed by atoms with Crippen molar-refractivity contribution in [3.8, 4) is 0 Å². The Bertz CT molecular complexity index is 2410. The first kappa shape index (κ1) is 77.4. The number of anilines is 9. The molecule has 3 aromatic carbocycles. The summed E-state index contributed by atoms with van der Waals surface area (Å²) in [4.78, 5) is 50.2. The van der Waals surface area contributed by atoms with Crippen molar-refractivity contribution in [2.24, 2.45) is 0 Å². The average Bonchev–Trinajstić information content (AvgIpc) is 3.42. The van der Waals surface area contributed by atoms with Crippen LogP contribution >= 0.6 is 90.6 Å². The lowest BCUT2D eigenvalue weighted by Crippen LogP contribution is -2.02. The summed E-state index contributed by atoms with van der Waals surface area (Å²) in [5.74, 6) is 4.32. The van der Waals surface area contributed by atoms with Gasteiger partial charge in [0.25, 0.3) is 0 Å². The van der Waals surface area contributed by atoms with Crippen molar-refractivity contribution in [3.63, 3.8) is 0 Å². The van der Waals surface area contributed by atoms with Gasteiger partial charge in [0.2, 0.25) is 17.8 Å². The minimum Gasteiger partial charge on any atom is -0.373 e. The van der Waals surface area contributed by atoms with Crippen LogP contribution < -0.4 is 31.9 Å². The molecule has 27 heteroatoms. The first-order valence-corrected chi connectivity index (χ1v) is 34.4. The molecule has 0 spiro atoms. The predicted octanol–water partition coefficient (Wildman–Crippen LogP) is 15.0. The Morgan fingerprint density at radius 3 is 0.924 bits per heavy atom. The maximum Gasteiger partial charge on any atom is 0.330 e. The van der Waals surface area contributed by atoms with Gasteiger partial charge in [-0.1, -0.05) is 150 Å². The Morgan fingerprint density at radius 1 is 0.494 bits per heavy atom. The number of halogens is 3. The molecule has 1 unspecified atom stereocenters. The Kier molecular flexibility index (Phi) is 45.0. The fourth-order valence-electron chi connectivity index (χ4n) is 5.12. The van der Waals surface area contributed by atoms with Gasteiger partial charge >= 0.3 is 22.8 Å². The lowest BCUT2D eigenvalue weighted by molar-refractivity contribution is 0.221. The smallest absolute Gasteiger partial charge is 0.330 e. The molecular weight excluding hydrogens is 1410 g/mol. The molecule has 9 N–H and O–H groups in total. The number of aromatic nitrogens is 6. The van der Waals surface area contributed by atoms with Crippen molar-refractivity contribution in [1.82, 2.24) is 29.9 Å². The predicted molar refractivity (Wildman–Crippen MR) is 356 cm³/mol. The fraction of sp³-hybridized carbons (Fsp3) is 0.423. The fourth-order valence-corrected chi connectivity index (χ4v) is 6.94. The Morgan fingerprint density at radius 2 is 0.747 bits per heavy atom. The topological polar surface area (TPSA) is 289 Å². The molecule has 6 aromatic rings. The maximum absolute atomic E-state index is 11.3. The summed E-state index contributed by atoms with van der Waals surface area (Å²) in [6.07, 6.45) is 5.97. The third-order valence-electron chi connectivity index (χ3n) is 8.90. The van der Waals surface area contributed by atoms with Gasteiger partial charge in [0.05, 0.1) is 21.8 Å². The number of hydrogen-bond donors (Lipinski definition) is 9. The molecular formula is C52H84I3N12O9P3. The van der Waals surface area contributed by atoms with Crippen LogP contribution in [0, 0.1) is 20.8 Å². The molecule has 0 fully saturated rings. The maximum atomic E-state index is 11.3. The summed E-state index contributed by atoms with van der Waals surface area (Å²) in [5.41, 5.74) is 6.03.